The van der Waals surface area contributed by atoms with Crippen LogP contribution in [0, 0.1) is 0 Å². The first-order chi connectivity index (χ1) is 5.61. The standard InChI is InChI=1S/C6H12IO4P/c1-5(11-7)6(10-2)3-4-12(8)9/h3-6,12H,1-2H3,(H,8,9)/b4-3+. The van der Waals surface area contributed by atoms with Crippen molar-refractivity contribution in [1.29, 1.82) is 0 Å². The number of ether oxygens (including phenoxy) is 1. The molecule has 12 heavy (non-hydrogen) atoms. The maximum atomic E-state index is 10.3. The zero-order chi connectivity index (χ0) is 9.56. The molecule has 0 amide bonds. The minimum Gasteiger partial charge on any atom is -0.375 e. The van der Waals surface area contributed by atoms with Crippen molar-refractivity contribution >= 4 is 31.0 Å². The zero-order valence-electron chi connectivity index (χ0n) is 6.86. The van der Waals surface area contributed by atoms with Gasteiger partial charge in [-0.05, 0) is 18.8 Å². The minimum atomic E-state index is -2.55. The van der Waals surface area contributed by atoms with Crippen LogP contribution in [0.25, 0.3) is 0 Å². The van der Waals surface area contributed by atoms with Gasteiger partial charge in [0.15, 0.2) is 0 Å². The summed E-state index contributed by atoms with van der Waals surface area (Å²) in [5.41, 5.74) is 0. The van der Waals surface area contributed by atoms with Gasteiger partial charge in [-0.15, -0.1) is 0 Å². The predicted octanol–water partition coefficient (Wildman–Crippen LogP) is 1.74. The third-order valence-corrected chi connectivity index (χ3v) is 2.58. The van der Waals surface area contributed by atoms with Crippen LogP contribution in [0.5, 0.6) is 0 Å². The summed E-state index contributed by atoms with van der Waals surface area (Å²) in [4.78, 5) is 8.51. The van der Waals surface area contributed by atoms with Crippen LogP contribution < -0.4 is 0 Å². The molecule has 4 nitrogen and oxygen atoms in total. The van der Waals surface area contributed by atoms with Crippen LogP contribution in [0.4, 0.5) is 0 Å². The van der Waals surface area contributed by atoms with Crippen molar-refractivity contribution in [3.05, 3.63) is 11.9 Å². The van der Waals surface area contributed by atoms with Gasteiger partial charge in [0, 0.05) is 7.11 Å². The molecule has 72 valence electrons. The first-order valence-corrected chi connectivity index (χ1v) is 5.64. The summed E-state index contributed by atoms with van der Waals surface area (Å²) in [6.45, 7) is 1.82. The molecule has 1 N–H and O–H groups in total. The summed E-state index contributed by atoms with van der Waals surface area (Å²) in [6, 6.07) is 0. The number of hydrogen-bond donors (Lipinski definition) is 1. The van der Waals surface area contributed by atoms with Gasteiger partial charge in [0.05, 0.1) is 6.10 Å². The molecular formula is C6H12IO4P. The van der Waals surface area contributed by atoms with Gasteiger partial charge in [-0.1, -0.05) is 0 Å². The Kier molecular flexibility index (Phi) is 7.37. The lowest BCUT2D eigenvalue weighted by Crippen LogP contribution is -2.22. The lowest BCUT2D eigenvalue weighted by Gasteiger charge is -2.15. The number of rotatable bonds is 5. The molecule has 0 aromatic heterocycles. The van der Waals surface area contributed by atoms with Crippen LogP contribution in [-0.4, -0.2) is 24.2 Å². The SMILES string of the molecule is COC(/C=C/[PH](=O)O)C(C)OI. The number of methoxy groups -OCH3 is 1. The topological polar surface area (TPSA) is 55.8 Å². The lowest BCUT2D eigenvalue weighted by molar-refractivity contribution is 0.0633. The Labute approximate surface area is 86.5 Å². The molecule has 0 aliphatic rings. The van der Waals surface area contributed by atoms with E-state index in [0.717, 1.165) is 0 Å². The Balaban J connectivity index is 4.07. The van der Waals surface area contributed by atoms with E-state index in [-0.39, 0.29) is 12.2 Å². The van der Waals surface area contributed by atoms with Crippen molar-refractivity contribution in [1.82, 2.24) is 0 Å². The van der Waals surface area contributed by atoms with E-state index in [1.54, 1.807) is 23.0 Å². The summed E-state index contributed by atoms with van der Waals surface area (Å²) < 4.78 is 20.3. The van der Waals surface area contributed by atoms with Crippen molar-refractivity contribution in [2.45, 2.75) is 19.1 Å². The third-order valence-electron chi connectivity index (χ3n) is 1.30. The van der Waals surface area contributed by atoms with Gasteiger partial charge in [0.25, 0.3) is 0 Å². The van der Waals surface area contributed by atoms with Gasteiger partial charge >= 0.3 is 0 Å². The molecule has 0 heterocycles. The van der Waals surface area contributed by atoms with Crippen LogP contribution in [0.2, 0.25) is 0 Å². The van der Waals surface area contributed by atoms with Crippen molar-refractivity contribution in [3.63, 3.8) is 0 Å². The number of halogens is 1. The molecule has 0 aliphatic carbocycles. The van der Waals surface area contributed by atoms with Gasteiger partial charge < -0.3 is 12.7 Å². The number of hydrogen-bond acceptors (Lipinski definition) is 3. The molecule has 0 aromatic rings. The Morgan fingerprint density at radius 1 is 1.67 bits per heavy atom. The molecule has 0 aliphatic heterocycles. The lowest BCUT2D eigenvalue weighted by atomic mass is 10.2. The molecule has 0 aromatic carbocycles. The normalized spacial score (nSPS) is 19.3. The van der Waals surface area contributed by atoms with Gasteiger partial charge in [0.2, 0.25) is 8.03 Å². The second-order valence-corrected chi connectivity index (χ2v) is 3.71. The summed E-state index contributed by atoms with van der Waals surface area (Å²) in [7, 11) is -1.03. The van der Waals surface area contributed by atoms with Crippen LogP contribution in [-0.2, 0) is 12.4 Å². The van der Waals surface area contributed by atoms with Crippen LogP contribution in [0.15, 0.2) is 11.9 Å². The zero-order valence-corrected chi connectivity index (χ0v) is 10.0. The summed E-state index contributed by atoms with van der Waals surface area (Å²) in [5, 5.41) is 0. The second-order valence-electron chi connectivity index (χ2n) is 2.19. The van der Waals surface area contributed by atoms with Crippen molar-refractivity contribution in [2.24, 2.45) is 0 Å². The molecule has 0 rings (SSSR count). The highest BCUT2D eigenvalue weighted by molar-refractivity contribution is 14.1. The van der Waals surface area contributed by atoms with Crippen LogP contribution in [0.1, 0.15) is 6.92 Å². The first-order valence-electron chi connectivity index (χ1n) is 3.33. The van der Waals surface area contributed by atoms with E-state index in [4.69, 9.17) is 12.7 Å². The molecule has 0 spiro atoms. The molecule has 6 heteroatoms. The molecule has 0 bridgehead atoms. The smallest absolute Gasteiger partial charge is 0.210 e. The maximum Gasteiger partial charge on any atom is 0.210 e. The van der Waals surface area contributed by atoms with Crippen LogP contribution in [0.3, 0.4) is 0 Å². The highest BCUT2D eigenvalue weighted by atomic mass is 127. The molecule has 3 atom stereocenters. The largest absolute Gasteiger partial charge is 0.375 e. The van der Waals surface area contributed by atoms with Gasteiger partial charge in [0.1, 0.15) is 29.1 Å². The average Bonchev–Trinajstić information content (AvgIpc) is 2.04. The van der Waals surface area contributed by atoms with Crippen molar-refractivity contribution < 1.29 is 17.3 Å². The van der Waals surface area contributed by atoms with Gasteiger partial charge in [-0.3, -0.25) is 4.57 Å². The molecule has 0 fully saturated rings. The van der Waals surface area contributed by atoms with Gasteiger partial charge in [-0.25, -0.2) is 0 Å². The molecule has 3 unspecified atom stereocenters. The van der Waals surface area contributed by atoms with E-state index in [0.29, 0.717) is 0 Å². The first kappa shape index (κ1) is 12.6. The molecular weight excluding hydrogens is 294 g/mol. The van der Waals surface area contributed by atoms with E-state index >= 15 is 0 Å². The Morgan fingerprint density at radius 2 is 2.25 bits per heavy atom. The van der Waals surface area contributed by atoms with E-state index in [9.17, 15) is 4.57 Å². The minimum absolute atomic E-state index is 0.131. The molecule has 0 radical (unpaired) electrons. The summed E-state index contributed by atoms with van der Waals surface area (Å²) >= 11 is 1.76. The van der Waals surface area contributed by atoms with E-state index < -0.39 is 8.03 Å². The Bertz CT molecular complexity index is 173. The quantitative estimate of drug-likeness (QED) is 0.621. The fourth-order valence-corrected chi connectivity index (χ4v) is 1.30. The molecule has 0 saturated heterocycles. The average molecular weight is 306 g/mol. The summed E-state index contributed by atoms with van der Waals surface area (Å²) in [5.74, 6) is 1.23. The highest BCUT2D eigenvalue weighted by Gasteiger charge is 2.12. The fraction of sp³-hybridized carbons (Fsp3) is 0.667. The highest BCUT2D eigenvalue weighted by Crippen LogP contribution is 2.17. The van der Waals surface area contributed by atoms with E-state index in [1.807, 2.05) is 6.92 Å². The third kappa shape index (κ3) is 5.27. The summed E-state index contributed by atoms with van der Waals surface area (Å²) in [6.07, 6.45) is 1.13. The fourth-order valence-electron chi connectivity index (χ4n) is 0.655. The maximum absolute atomic E-state index is 10.3. The van der Waals surface area contributed by atoms with Crippen molar-refractivity contribution in [3.8, 4) is 0 Å². The van der Waals surface area contributed by atoms with Gasteiger partial charge in [-0.2, -0.15) is 0 Å². The Hall–Kier alpha value is 0.580. The second kappa shape index (κ2) is 7.03. The molecule has 0 saturated carbocycles. The Morgan fingerprint density at radius 3 is 2.58 bits per heavy atom. The van der Waals surface area contributed by atoms with Crippen molar-refractivity contribution in [2.75, 3.05) is 7.11 Å². The van der Waals surface area contributed by atoms with E-state index in [2.05, 4.69) is 0 Å². The predicted molar refractivity (Wildman–Crippen MR) is 55.7 cm³/mol. The van der Waals surface area contributed by atoms with Crippen LogP contribution >= 0.6 is 31.0 Å². The monoisotopic (exact) mass is 306 g/mol. The van der Waals surface area contributed by atoms with E-state index in [1.165, 1.54) is 19.0 Å².